The van der Waals surface area contributed by atoms with E-state index in [0.717, 1.165) is 38.6 Å². The van der Waals surface area contributed by atoms with E-state index in [1.165, 1.54) is 6.92 Å². The van der Waals surface area contributed by atoms with E-state index in [1.54, 1.807) is 0 Å². The summed E-state index contributed by atoms with van der Waals surface area (Å²) in [7, 11) is 0. The van der Waals surface area contributed by atoms with E-state index < -0.39 is 42.8 Å². The standard InChI is InChI=1S/C54H58O10/c1-40(55)26-29-52(56)63-48-31-53(64-49(48)37-57-32-41-16-6-2-7-17-41)61-39-51(60-35-43-20-10-4-11-21-43)54(62-36-44-22-12-5-13-23-44)50(59-34-42-18-8-3-9-19-42)38-58-33-45-27-28-46-24-14-15-25-47(46)30-45/h2-25,27-28,30,48-51,53-54H,26,29,31-39H2,1H3/t48-,49?,50?,51?,53?,54?/m1/s1. The van der Waals surface area contributed by atoms with Gasteiger partial charge < -0.3 is 42.7 Å². The van der Waals surface area contributed by atoms with E-state index in [4.69, 9.17) is 37.9 Å². The van der Waals surface area contributed by atoms with E-state index in [1.807, 2.05) is 133 Å². The Morgan fingerprint density at radius 3 is 1.66 bits per heavy atom. The highest BCUT2D eigenvalue weighted by atomic mass is 16.7. The Balaban J connectivity index is 1.12. The predicted molar refractivity (Wildman–Crippen MR) is 244 cm³/mol. The molecule has 7 rings (SSSR count). The number of fused-ring (bicyclic) bond motifs is 1. The van der Waals surface area contributed by atoms with Crippen LogP contribution in [0, 0.1) is 0 Å². The lowest BCUT2D eigenvalue weighted by atomic mass is 10.1. The van der Waals surface area contributed by atoms with Gasteiger partial charge in [-0.1, -0.05) is 158 Å². The first-order chi connectivity index (χ1) is 31.4. The summed E-state index contributed by atoms with van der Waals surface area (Å²) in [6, 6.07) is 54.4. The zero-order valence-corrected chi connectivity index (χ0v) is 36.4. The van der Waals surface area contributed by atoms with Gasteiger partial charge in [-0.2, -0.15) is 0 Å². The van der Waals surface area contributed by atoms with Crippen LogP contribution in [0.4, 0.5) is 0 Å². The normalized spacial score (nSPS) is 17.5. The highest BCUT2D eigenvalue weighted by Crippen LogP contribution is 2.28. The second kappa shape index (κ2) is 25.1. The van der Waals surface area contributed by atoms with Crippen molar-refractivity contribution in [2.24, 2.45) is 0 Å². The topological polar surface area (TPSA) is 108 Å². The summed E-state index contributed by atoms with van der Waals surface area (Å²) in [5.74, 6) is -0.558. The van der Waals surface area contributed by atoms with Crippen LogP contribution >= 0.6 is 0 Å². The highest BCUT2D eigenvalue weighted by Gasteiger charge is 2.41. The minimum atomic E-state index is -0.763. The average Bonchev–Trinajstić information content (AvgIpc) is 3.71. The van der Waals surface area contributed by atoms with Crippen LogP contribution in [-0.4, -0.2) is 68.4 Å². The largest absolute Gasteiger partial charge is 0.459 e. The summed E-state index contributed by atoms with van der Waals surface area (Å²) in [5, 5.41) is 2.31. The number of carbonyl (C=O) groups excluding carboxylic acids is 2. The Bertz CT molecular complexity index is 2270. The van der Waals surface area contributed by atoms with E-state index >= 15 is 0 Å². The number of carbonyl (C=O) groups is 2. The third-order valence-electron chi connectivity index (χ3n) is 11.0. The number of benzene rings is 6. The molecule has 64 heavy (non-hydrogen) atoms. The van der Waals surface area contributed by atoms with Crippen LogP contribution in [0.5, 0.6) is 0 Å². The van der Waals surface area contributed by atoms with Crippen molar-refractivity contribution in [2.45, 2.75) is 96.0 Å². The first kappa shape index (κ1) is 46.4. The van der Waals surface area contributed by atoms with Crippen LogP contribution < -0.4 is 0 Å². The molecule has 0 spiro atoms. The summed E-state index contributed by atoms with van der Waals surface area (Å²) in [5.41, 5.74) is 5.02. The molecule has 6 aromatic carbocycles. The van der Waals surface area contributed by atoms with Gasteiger partial charge in [0, 0.05) is 12.8 Å². The minimum absolute atomic E-state index is 0.0158. The molecule has 1 saturated heterocycles. The van der Waals surface area contributed by atoms with Crippen molar-refractivity contribution in [3.63, 3.8) is 0 Å². The van der Waals surface area contributed by atoms with Gasteiger partial charge in [-0.3, -0.25) is 4.79 Å². The lowest BCUT2D eigenvalue weighted by molar-refractivity contribution is -0.208. The number of rotatable bonds is 26. The third kappa shape index (κ3) is 15.0. The van der Waals surface area contributed by atoms with Crippen molar-refractivity contribution in [1.82, 2.24) is 0 Å². The molecule has 0 bridgehead atoms. The van der Waals surface area contributed by atoms with Gasteiger partial charge in [-0.25, -0.2) is 0 Å². The molecule has 1 aliphatic rings. The molecule has 1 aliphatic heterocycles. The fourth-order valence-electron chi connectivity index (χ4n) is 7.51. The van der Waals surface area contributed by atoms with Gasteiger partial charge in [0.15, 0.2) is 6.29 Å². The van der Waals surface area contributed by atoms with Gasteiger partial charge in [-0.15, -0.1) is 0 Å². The number of hydrogen-bond donors (Lipinski definition) is 0. The quantitative estimate of drug-likeness (QED) is 0.0489. The Morgan fingerprint density at radius 1 is 0.547 bits per heavy atom. The van der Waals surface area contributed by atoms with E-state index in [9.17, 15) is 9.59 Å². The molecule has 0 saturated carbocycles. The molecule has 10 nitrogen and oxygen atoms in total. The summed E-state index contributed by atoms with van der Waals surface area (Å²) in [6.07, 6.45) is -3.64. The van der Waals surface area contributed by atoms with Crippen LogP contribution in [0.25, 0.3) is 10.8 Å². The lowest BCUT2D eigenvalue weighted by Gasteiger charge is -2.34. The van der Waals surface area contributed by atoms with Crippen molar-refractivity contribution in [3.05, 3.63) is 192 Å². The van der Waals surface area contributed by atoms with Crippen molar-refractivity contribution < 1.29 is 47.5 Å². The predicted octanol–water partition coefficient (Wildman–Crippen LogP) is 9.74. The van der Waals surface area contributed by atoms with Crippen LogP contribution in [0.3, 0.4) is 0 Å². The van der Waals surface area contributed by atoms with Gasteiger partial charge in [0.05, 0.1) is 59.3 Å². The Morgan fingerprint density at radius 2 is 1.06 bits per heavy atom. The molecule has 6 atom stereocenters. The molecule has 5 unspecified atom stereocenters. The summed E-state index contributed by atoms with van der Waals surface area (Å²) in [6.45, 7) is 3.47. The maximum atomic E-state index is 12.9. The van der Waals surface area contributed by atoms with Crippen molar-refractivity contribution >= 4 is 22.5 Å². The van der Waals surface area contributed by atoms with Gasteiger partial charge in [-0.05, 0) is 51.6 Å². The molecule has 0 radical (unpaired) electrons. The zero-order valence-electron chi connectivity index (χ0n) is 36.4. The Hall–Kier alpha value is -5.56. The molecule has 334 valence electrons. The van der Waals surface area contributed by atoms with E-state index in [0.29, 0.717) is 19.8 Å². The van der Waals surface area contributed by atoms with Crippen molar-refractivity contribution in [1.29, 1.82) is 0 Å². The summed E-state index contributed by atoms with van der Waals surface area (Å²) < 4.78 is 51.9. The van der Waals surface area contributed by atoms with Gasteiger partial charge in [0.1, 0.15) is 36.3 Å². The van der Waals surface area contributed by atoms with Crippen molar-refractivity contribution in [3.8, 4) is 0 Å². The maximum absolute atomic E-state index is 12.9. The number of ether oxygens (including phenoxy) is 8. The molecular weight excluding hydrogens is 809 g/mol. The monoisotopic (exact) mass is 866 g/mol. The fourth-order valence-corrected chi connectivity index (χ4v) is 7.51. The fraction of sp³-hybridized carbons (Fsp3) is 0.333. The average molecular weight is 867 g/mol. The van der Waals surface area contributed by atoms with Crippen LogP contribution in [-0.2, 0) is 80.5 Å². The first-order valence-electron chi connectivity index (χ1n) is 22.0. The van der Waals surface area contributed by atoms with E-state index in [-0.39, 0.29) is 58.1 Å². The van der Waals surface area contributed by atoms with Gasteiger partial charge in [0.2, 0.25) is 0 Å². The Kier molecular flexibility index (Phi) is 18.2. The number of hydrogen-bond acceptors (Lipinski definition) is 10. The van der Waals surface area contributed by atoms with Crippen molar-refractivity contribution in [2.75, 3.05) is 19.8 Å². The van der Waals surface area contributed by atoms with Crippen LogP contribution in [0.1, 0.15) is 54.0 Å². The number of ketones is 1. The molecule has 6 aromatic rings. The maximum Gasteiger partial charge on any atom is 0.306 e. The highest BCUT2D eigenvalue weighted by molar-refractivity contribution is 5.83. The molecule has 0 amide bonds. The van der Waals surface area contributed by atoms with E-state index in [2.05, 4.69) is 30.3 Å². The molecule has 0 aliphatic carbocycles. The van der Waals surface area contributed by atoms with Crippen LogP contribution in [0.15, 0.2) is 164 Å². The SMILES string of the molecule is CC(=O)CCC(=O)O[C@@H]1CC(OCC(OCc2ccccc2)C(OCc2ccccc2)C(COCc2ccc3ccccc3c2)OCc2ccccc2)OC1COCc1ccccc1. The molecule has 0 N–H and O–H groups in total. The van der Waals surface area contributed by atoms with Gasteiger partial charge >= 0.3 is 5.97 Å². The summed E-state index contributed by atoms with van der Waals surface area (Å²) >= 11 is 0. The third-order valence-corrected chi connectivity index (χ3v) is 11.0. The number of esters is 1. The Labute approximate surface area is 376 Å². The zero-order chi connectivity index (χ0) is 44.2. The summed E-state index contributed by atoms with van der Waals surface area (Å²) in [4.78, 5) is 24.6. The second-order valence-corrected chi connectivity index (χ2v) is 16.0. The molecule has 1 fully saturated rings. The van der Waals surface area contributed by atoms with Crippen LogP contribution in [0.2, 0.25) is 0 Å². The first-order valence-corrected chi connectivity index (χ1v) is 22.0. The molecular formula is C54H58O10. The smallest absolute Gasteiger partial charge is 0.306 e. The number of Topliss-reactive ketones (excluding diaryl/α,β-unsaturated/α-hetero) is 1. The molecule has 10 heteroatoms. The van der Waals surface area contributed by atoms with Gasteiger partial charge in [0.25, 0.3) is 0 Å². The molecule has 1 heterocycles. The lowest BCUT2D eigenvalue weighted by Crippen LogP contribution is -2.47. The second-order valence-electron chi connectivity index (χ2n) is 16.0. The minimum Gasteiger partial charge on any atom is -0.459 e. The molecule has 0 aromatic heterocycles.